The first-order valence-electron chi connectivity index (χ1n) is 12.5. The van der Waals surface area contributed by atoms with Crippen LogP contribution in [0.1, 0.15) is 41.3 Å². The average Bonchev–Trinajstić information content (AvgIpc) is 3.33. The number of likely N-dealkylation sites (tertiary alicyclic amines) is 1. The molecule has 1 amide bonds. The van der Waals surface area contributed by atoms with Crippen LogP contribution in [0.4, 0.5) is 26.3 Å². The first-order chi connectivity index (χ1) is 19.6. The Hall–Kier alpha value is -3.80. The maximum atomic E-state index is 12.5. The summed E-state index contributed by atoms with van der Waals surface area (Å²) in [5, 5.41) is 25.5. The molecule has 1 spiro atoms. The maximum Gasteiger partial charge on any atom is 0.490 e. The number of carbonyl (C=O) groups excluding carboxylic acids is 1. The number of alkyl halides is 6. The highest BCUT2D eigenvalue weighted by Gasteiger charge is 2.40. The number of aliphatic carboxylic acids is 2. The molecule has 0 saturated carbocycles. The number of piperidine rings is 1. The topological polar surface area (TPSA) is 160 Å². The quantitative estimate of drug-likeness (QED) is 0.327. The van der Waals surface area contributed by atoms with Crippen LogP contribution in [0.15, 0.2) is 24.5 Å². The number of rotatable bonds is 6. The predicted molar refractivity (Wildman–Crippen MR) is 131 cm³/mol. The molecular weight excluding hydrogens is 582 g/mol. The largest absolute Gasteiger partial charge is 0.490 e. The molecule has 2 aliphatic heterocycles. The van der Waals surface area contributed by atoms with Crippen LogP contribution in [-0.4, -0.2) is 98.4 Å². The Morgan fingerprint density at radius 3 is 2.12 bits per heavy atom. The van der Waals surface area contributed by atoms with Gasteiger partial charge in [-0.2, -0.15) is 26.3 Å². The van der Waals surface area contributed by atoms with Crippen LogP contribution in [0, 0.1) is 5.41 Å². The fourth-order valence-electron chi connectivity index (χ4n) is 4.33. The lowest BCUT2D eigenvalue weighted by molar-refractivity contribution is -0.193. The number of fused-ring (bicyclic) bond motifs is 1. The summed E-state index contributed by atoms with van der Waals surface area (Å²) in [5.74, 6) is -4.31. The van der Waals surface area contributed by atoms with Gasteiger partial charge < -0.3 is 24.8 Å². The number of pyridine rings is 1. The second-order valence-electron chi connectivity index (χ2n) is 9.52. The number of carbonyl (C=O) groups is 3. The number of halogens is 6. The molecule has 12 nitrogen and oxygen atoms in total. The minimum Gasteiger partial charge on any atom is -0.475 e. The number of carboxylic acid groups (broad SMARTS) is 2. The van der Waals surface area contributed by atoms with Gasteiger partial charge in [0, 0.05) is 45.6 Å². The summed E-state index contributed by atoms with van der Waals surface area (Å²) >= 11 is 0. The molecule has 18 heteroatoms. The standard InChI is InChI=1S/C20H28N6O2.2C2HF3O2/c1-28-12-9-22-19(27)18-24-23-17-4-5-20(15-26(17)18)6-10-25(11-7-20)14-16-3-2-8-21-13-16;2*3-2(4,5)1(6)7/h2-3,8,13H,4-7,9-12,14-15H2,1H3,(H,22,27);2*(H,6,7). The van der Waals surface area contributed by atoms with Crippen molar-refractivity contribution >= 4 is 17.8 Å². The van der Waals surface area contributed by atoms with Crippen molar-refractivity contribution in [3.05, 3.63) is 41.7 Å². The molecule has 0 radical (unpaired) electrons. The van der Waals surface area contributed by atoms with Gasteiger partial charge in [0.2, 0.25) is 5.82 Å². The predicted octanol–water partition coefficient (Wildman–Crippen LogP) is 2.54. The van der Waals surface area contributed by atoms with E-state index < -0.39 is 24.3 Å². The Bertz CT molecular complexity index is 1160. The van der Waals surface area contributed by atoms with Crippen molar-refractivity contribution < 1.29 is 55.7 Å². The second-order valence-corrected chi connectivity index (χ2v) is 9.52. The zero-order valence-corrected chi connectivity index (χ0v) is 22.4. The highest BCUT2D eigenvalue weighted by Crippen LogP contribution is 2.41. The van der Waals surface area contributed by atoms with Crippen LogP contribution < -0.4 is 5.32 Å². The molecule has 1 fully saturated rings. The lowest BCUT2D eigenvalue weighted by Gasteiger charge is -2.44. The zero-order valence-electron chi connectivity index (χ0n) is 22.4. The number of ether oxygens (including phenoxy) is 1. The van der Waals surface area contributed by atoms with Gasteiger partial charge in [-0.1, -0.05) is 6.07 Å². The lowest BCUT2D eigenvalue weighted by Crippen LogP contribution is -2.45. The van der Waals surface area contributed by atoms with Gasteiger partial charge in [0.25, 0.3) is 5.91 Å². The normalized spacial score (nSPS) is 16.3. The Morgan fingerprint density at radius 2 is 1.62 bits per heavy atom. The van der Waals surface area contributed by atoms with E-state index in [0.717, 1.165) is 57.7 Å². The van der Waals surface area contributed by atoms with E-state index in [-0.39, 0.29) is 11.3 Å². The molecule has 2 aliphatic rings. The number of aromatic nitrogens is 4. The highest BCUT2D eigenvalue weighted by molar-refractivity contribution is 5.90. The van der Waals surface area contributed by atoms with Gasteiger partial charge in [0.05, 0.1) is 6.61 Å². The molecule has 0 atom stereocenters. The van der Waals surface area contributed by atoms with Crippen molar-refractivity contribution in [3.63, 3.8) is 0 Å². The third-order valence-electron chi connectivity index (χ3n) is 6.53. The summed E-state index contributed by atoms with van der Waals surface area (Å²) in [6.07, 6.45) is -2.12. The van der Waals surface area contributed by atoms with Gasteiger partial charge in [-0.05, 0) is 49.4 Å². The van der Waals surface area contributed by atoms with E-state index in [1.54, 1.807) is 7.11 Å². The molecular formula is C24H30F6N6O6. The van der Waals surface area contributed by atoms with Gasteiger partial charge in [-0.3, -0.25) is 14.7 Å². The van der Waals surface area contributed by atoms with E-state index >= 15 is 0 Å². The average molecular weight is 613 g/mol. The van der Waals surface area contributed by atoms with Crippen LogP contribution in [0.2, 0.25) is 0 Å². The van der Waals surface area contributed by atoms with Crippen molar-refractivity contribution in [2.45, 2.75) is 51.1 Å². The monoisotopic (exact) mass is 612 g/mol. The highest BCUT2D eigenvalue weighted by atomic mass is 19.4. The molecule has 1 saturated heterocycles. The molecule has 2 aromatic heterocycles. The van der Waals surface area contributed by atoms with Gasteiger partial charge >= 0.3 is 24.3 Å². The molecule has 4 rings (SSSR count). The van der Waals surface area contributed by atoms with E-state index in [2.05, 4.69) is 31.5 Å². The summed E-state index contributed by atoms with van der Waals surface area (Å²) in [6, 6.07) is 4.13. The van der Waals surface area contributed by atoms with Crippen LogP contribution in [0.25, 0.3) is 0 Å². The number of nitrogens with one attached hydrogen (secondary N) is 1. The number of aryl methyl sites for hydroxylation is 1. The van der Waals surface area contributed by atoms with Crippen molar-refractivity contribution in [3.8, 4) is 0 Å². The van der Waals surface area contributed by atoms with E-state index in [1.165, 1.54) is 5.56 Å². The third-order valence-corrected chi connectivity index (χ3v) is 6.53. The SMILES string of the molecule is COCCNC(=O)c1nnc2n1CC1(CC2)CCN(Cc2cccnc2)CC1.O=C(O)C(F)(F)F.O=C(O)C(F)(F)F. The number of carboxylic acids is 2. The third kappa shape index (κ3) is 10.6. The van der Waals surface area contributed by atoms with Crippen molar-refractivity contribution in [2.75, 3.05) is 33.4 Å². The van der Waals surface area contributed by atoms with Crippen molar-refractivity contribution in [2.24, 2.45) is 5.41 Å². The molecule has 4 heterocycles. The number of methoxy groups -OCH3 is 1. The molecule has 2 aromatic rings. The molecule has 42 heavy (non-hydrogen) atoms. The molecule has 234 valence electrons. The van der Waals surface area contributed by atoms with Crippen LogP contribution in [0.3, 0.4) is 0 Å². The molecule has 0 aromatic carbocycles. The van der Waals surface area contributed by atoms with Gasteiger partial charge in [-0.15, -0.1) is 10.2 Å². The number of nitrogens with zero attached hydrogens (tertiary/aromatic N) is 5. The Labute approximate surface area is 235 Å². The summed E-state index contributed by atoms with van der Waals surface area (Å²) in [7, 11) is 1.62. The lowest BCUT2D eigenvalue weighted by atomic mass is 9.73. The zero-order chi connectivity index (χ0) is 31.6. The first kappa shape index (κ1) is 34.4. The van der Waals surface area contributed by atoms with Crippen molar-refractivity contribution in [1.29, 1.82) is 0 Å². The Morgan fingerprint density at radius 1 is 1.02 bits per heavy atom. The van der Waals surface area contributed by atoms with Crippen LogP contribution >= 0.6 is 0 Å². The van der Waals surface area contributed by atoms with Gasteiger partial charge in [0.1, 0.15) is 5.82 Å². The summed E-state index contributed by atoms with van der Waals surface area (Å²) in [6.45, 7) is 4.90. The van der Waals surface area contributed by atoms with E-state index in [0.29, 0.717) is 19.0 Å². The Kier molecular flexibility index (Phi) is 12.2. The van der Waals surface area contributed by atoms with E-state index in [9.17, 15) is 31.1 Å². The maximum absolute atomic E-state index is 12.5. The number of amides is 1. The minimum absolute atomic E-state index is 0.165. The number of hydrogen-bond acceptors (Lipinski definition) is 8. The molecule has 0 bridgehead atoms. The second kappa shape index (κ2) is 14.9. The summed E-state index contributed by atoms with van der Waals surface area (Å²) in [5.41, 5.74) is 1.50. The number of hydrogen-bond donors (Lipinski definition) is 3. The van der Waals surface area contributed by atoms with Crippen LogP contribution in [0.5, 0.6) is 0 Å². The van der Waals surface area contributed by atoms with Gasteiger partial charge in [0.15, 0.2) is 0 Å². The minimum atomic E-state index is -5.08. The van der Waals surface area contributed by atoms with Crippen molar-refractivity contribution in [1.82, 2.24) is 30.0 Å². The first-order valence-corrected chi connectivity index (χ1v) is 12.5. The molecule has 0 aliphatic carbocycles. The summed E-state index contributed by atoms with van der Waals surface area (Å²) in [4.78, 5) is 37.0. The van der Waals surface area contributed by atoms with Crippen LogP contribution in [-0.2, 0) is 33.8 Å². The van der Waals surface area contributed by atoms with E-state index in [4.69, 9.17) is 24.5 Å². The smallest absolute Gasteiger partial charge is 0.475 e. The Balaban J connectivity index is 0.000000367. The summed E-state index contributed by atoms with van der Waals surface area (Å²) < 4.78 is 70.5. The molecule has 3 N–H and O–H groups in total. The molecule has 0 unspecified atom stereocenters. The van der Waals surface area contributed by atoms with E-state index in [1.807, 2.05) is 23.0 Å². The fraction of sp³-hybridized carbons (Fsp3) is 0.583. The van der Waals surface area contributed by atoms with Gasteiger partial charge in [-0.25, -0.2) is 9.59 Å². The fourth-order valence-corrected chi connectivity index (χ4v) is 4.33.